The van der Waals surface area contributed by atoms with Crippen LogP contribution >= 0.6 is 22.9 Å². The second-order valence-electron chi connectivity index (χ2n) is 3.66. The maximum Gasteiger partial charge on any atom is 0.0669 e. The molecule has 0 saturated heterocycles. The highest BCUT2D eigenvalue weighted by molar-refractivity contribution is 7.08. The van der Waals surface area contributed by atoms with E-state index < -0.39 is 0 Å². The smallest absolute Gasteiger partial charge is 0.0669 e. The molecule has 0 aliphatic rings. The van der Waals surface area contributed by atoms with Crippen LogP contribution in [-0.2, 0) is 6.42 Å². The number of nitrogens with zero attached hydrogens (tertiary/aromatic N) is 2. The molecule has 2 rings (SSSR count). The Morgan fingerprint density at radius 3 is 3.06 bits per heavy atom. The Balaban J connectivity index is 2.03. The quantitative estimate of drug-likeness (QED) is 0.860. The van der Waals surface area contributed by atoms with E-state index in [-0.39, 0.29) is 0 Å². The normalized spacial score (nSPS) is 12.8. The largest absolute Gasteiger partial charge is 0.309 e. The summed E-state index contributed by atoms with van der Waals surface area (Å²) in [4.78, 5) is 1.22. The first-order valence-electron chi connectivity index (χ1n) is 5.42. The van der Waals surface area contributed by atoms with Crippen molar-refractivity contribution in [2.45, 2.75) is 25.8 Å². The van der Waals surface area contributed by atoms with Crippen molar-refractivity contribution in [1.29, 1.82) is 0 Å². The molecule has 0 amide bonds. The van der Waals surface area contributed by atoms with Gasteiger partial charge in [0.25, 0.3) is 0 Å². The highest BCUT2D eigenvalue weighted by Crippen LogP contribution is 2.21. The van der Waals surface area contributed by atoms with Crippen LogP contribution in [0.25, 0.3) is 0 Å². The van der Waals surface area contributed by atoms with Crippen molar-refractivity contribution < 1.29 is 0 Å². The number of rotatable bonds is 6. The molecule has 0 radical (unpaired) electrons. The summed E-state index contributed by atoms with van der Waals surface area (Å²) in [5, 5.41) is 11.8. The van der Waals surface area contributed by atoms with Gasteiger partial charge in [-0.2, -0.15) is 11.3 Å². The molecule has 1 atom stereocenters. The van der Waals surface area contributed by atoms with Crippen molar-refractivity contribution >= 4 is 22.9 Å². The molecule has 16 heavy (non-hydrogen) atoms. The van der Waals surface area contributed by atoms with Gasteiger partial charge in [0, 0.05) is 6.04 Å². The third-order valence-electron chi connectivity index (χ3n) is 2.38. The van der Waals surface area contributed by atoms with Crippen LogP contribution < -0.4 is 5.32 Å². The van der Waals surface area contributed by atoms with Gasteiger partial charge in [0.05, 0.1) is 11.1 Å². The average molecular weight is 253 g/mol. The topological polar surface area (TPSA) is 37.8 Å². The van der Waals surface area contributed by atoms with Crippen LogP contribution in [-0.4, -0.2) is 16.1 Å². The van der Waals surface area contributed by atoms with Gasteiger partial charge in [-0.05, 0) is 53.3 Å². The number of thiophene rings is 1. The zero-order valence-electron chi connectivity index (χ0n) is 9.22. The third kappa shape index (κ3) is 3.10. The molecule has 0 fully saturated rings. The van der Waals surface area contributed by atoms with Gasteiger partial charge < -0.3 is 5.32 Å². The Labute approximate surface area is 104 Å². The maximum absolute atomic E-state index is 3.93. The fourth-order valence-corrected chi connectivity index (χ4v) is 2.82. The van der Waals surface area contributed by atoms with Gasteiger partial charge in [-0.25, -0.2) is 0 Å². The van der Waals surface area contributed by atoms with Gasteiger partial charge >= 0.3 is 0 Å². The lowest BCUT2D eigenvalue weighted by Crippen LogP contribution is -2.23. The minimum Gasteiger partial charge on any atom is -0.309 e. The van der Waals surface area contributed by atoms with Crippen LogP contribution in [0.5, 0.6) is 0 Å². The summed E-state index contributed by atoms with van der Waals surface area (Å²) in [5.74, 6) is 0. The lowest BCUT2D eigenvalue weighted by Gasteiger charge is -2.15. The standard InChI is InChI=1S/C11H15N3S2/c1-2-4-12-10(11-7-13-14-16-11)6-9-3-5-15-8-9/h3,5,7-8,10,12H,2,4,6H2,1H3. The molecule has 0 spiro atoms. The first-order valence-corrected chi connectivity index (χ1v) is 7.13. The summed E-state index contributed by atoms with van der Waals surface area (Å²) in [6, 6.07) is 2.54. The van der Waals surface area contributed by atoms with Gasteiger partial charge in [-0.15, -0.1) is 5.10 Å². The van der Waals surface area contributed by atoms with E-state index in [1.807, 2.05) is 6.20 Å². The Morgan fingerprint density at radius 2 is 2.44 bits per heavy atom. The van der Waals surface area contributed by atoms with Crippen molar-refractivity contribution in [3.05, 3.63) is 33.5 Å². The van der Waals surface area contributed by atoms with Gasteiger partial charge in [0.2, 0.25) is 0 Å². The fourth-order valence-electron chi connectivity index (χ4n) is 1.56. The van der Waals surface area contributed by atoms with Gasteiger partial charge in [-0.3, -0.25) is 0 Å². The van der Waals surface area contributed by atoms with E-state index in [4.69, 9.17) is 0 Å². The predicted octanol–water partition coefficient (Wildman–Crippen LogP) is 2.88. The van der Waals surface area contributed by atoms with Crippen LogP contribution in [0.4, 0.5) is 0 Å². The molecule has 0 aliphatic heterocycles. The van der Waals surface area contributed by atoms with Crippen LogP contribution in [0.15, 0.2) is 23.0 Å². The van der Waals surface area contributed by atoms with Crippen molar-refractivity contribution in [1.82, 2.24) is 14.9 Å². The van der Waals surface area contributed by atoms with E-state index in [0.29, 0.717) is 6.04 Å². The van der Waals surface area contributed by atoms with Gasteiger partial charge in [0.1, 0.15) is 0 Å². The zero-order chi connectivity index (χ0) is 11.2. The van der Waals surface area contributed by atoms with Crippen LogP contribution in [0.3, 0.4) is 0 Å². The summed E-state index contributed by atoms with van der Waals surface area (Å²) < 4.78 is 3.93. The second kappa shape index (κ2) is 6.08. The predicted molar refractivity (Wildman–Crippen MR) is 69.0 cm³/mol. The molecule has 86 valence electrons. The number of nitrogens with one attached hydrogen (secondary N) is 1. The number of hydrogen-bond donors (Lipinski definition) is 1. The molecule has 1 N–H and O–H groups in total. The van der Waals surface area contributed by atoms with Crippen LogP contribution in [0.2, 0.25) is 0 Å². The highest BCUT2D eigenvalue weighted by Gasteiger charge is 2.13. The number of hydrogen-bond acceptors (Lipinski definition) is 5. The van der Waals surface area contributed by atoms with Crippen molar-refractivity contribution in [2.24, 2.45) is 0 Å². The highest BCUT2D eigenvalue weighted by atomic mass is 32.1. The first kappa shape index (κ1) is 11.7. The molecule has 0 bridgehead atoms. The maximum atomic E-state index is 3.93. The van der Waals surface area contributed by atoms with Crippen molar-refractivity contribution in [3.8, 4) is 0 Å². The molecular formula is C11H15N3S2. The number of aromatic nitrogens is 2. The molecule has 2 aromatic heterocycles. The summed E-state index contributed by atoms with van der Waals surface area (Å²) in [6.07, 6.45) is 4.03. The van der Waals surface area contributed by atoms with E-state index in [1.54, 1.807) is 11.3 Å². The Kier molecular flexibility index (Phi) is 4.44. The summed E-state index contributed by atoms with van der Waals surface area (Å²) in [5.41, 5.74) is 1.38. The molecule has 0 aromatic carbocycles. The second-order valence-corrected chi connectivity index (χ2v) is 5.26. The Morgan fingerprint density at radius 1 is 1.50 bits per heavy atom. The third-order valence-corrected chi connectivity index (χ3v) is 3.89. The Hall–Kier alpha value is -0.780. The summed E-state index contributed by atoms with van der Waals surface area (Å²) >= 11 is 3.23. The molecule has 3 nitrogen and oxygen atoms in total. The van der Waals surface area contributed by atoms with E-state index in [9.17, 15) is 0 Å². The monoisotopic (exact) mass is 253 g/mol. The van der Waals surface area contributed by atoms with Crippen molar-refractivity contribution in [3.63, 3.8) is 0 Å². The molecule has 1 unspecified atom stereocenters. The van der Waals surface area contributed by atoms with E-state index >= 15 is 0 Å². The fraction of sp³-hybridized carbons (Fsp3) is 0.455. The zero-order valence-corrected chi connectivity index (χ0v) is 10.9. The molecular weight excluding hydrogens is 238 g/mol. The minimum atomic E-state index is 0.356. The molecule has 5 heteroatoms. The van der Waals surface area contributed by atoms with Crippen molar-refractivity contribution in [2.75, 3.05) is 6.54 Å². The first-order chi connectivity index (χ1) is 7.90. The van der Waals surface area contributed by atoms with E-state index in [0.717, 1.165) is 19.4 Å². The lowest BCUT2D eigenvalue weighted by molar-refractivity contribution is 0.536. The van der Waals surface area contributed by atoms with Gasteiger partial charge in [0.15, 0.2) is 0 Å². The summed E-state index contributed by atoms with van der Waals surface area (Å²) in [7, 11) is 0. The molecule has 2 heterocycles. The van der Waals surface area contributed by atoms with Crippen LogP contribution in [0.1, 0.15) is 29.8 Å². The summed E-state index contributed by atoms with van der Waals surface area (Å²) in [6.45, 7) is 3.21. The van der Waals surface area contributed by atoms with Crippen LogP contribution in [0, 0.1) is 0 Å². The van der Waals surface area contributed by atoms with E-state index in [2.05, 4.69) is 38.7 Å². The molecule has 0 aliphatic carbocycles. The lowest BCUT2D eigenvalue weighted by atomic mass is 10.1. The molecule has 0 saturated carbocycles. The van der Waals surface area contributed by atoms with E-state index in [1.165, 1.54) is 22.0 Å². The molecule has 2 aromatic rings. The average Bonchev–Trinajstić information content (AvgIpc) is 2.96. The minimum absolute atomic E-state index is 0.356. The SMILES string of the molecule is CCCNC(Cc1ccsc1)c1cnns1. The van der Waals surface area contributed by atoms with Gasteiger partial charge in [-0.1, -0.05) is 11.4 Å². The Bertz CT molecular complexity index is 383.